The van der Waals surface area contributed by atoms with Gasteiger partial charge >= 0.3 is 0 Å². The minimum absolute atomic E-state index is 0.100. The number of aromatic nitrogens is 4. The third-order valence-corrected chi connectivity index (χ3v) is 8.41. The van der Waals surface area contributed by atoms with Crippen LogP contribution in [0.15, 0.2) is 29.4 Å². The van der Waals surface area contributed by atoms with Crippen molar-refractivity contribution in [3.8, 4) is 11.5 Å². The summed E-state index contributed by atoms with van der Waals surface area (Å²) in [5, 5.41) is 12.4. The van der Waals surface area contributed by atoms with E-state index in [0.717, 1.165) is 32.1 Å². The van der Waals surface area contributed by atoms with Crippen LogP contribution >= 0.6 is 0 Å². The van der Waals surface area contributed by atoms with E-state index >= 15 is 0 Å². The predicted molar refractivity (Wildman–Crippen MR) is 103 cm³/mol. The molecule has 4 bridgehead atoms. The number of hydrogen-bond donors (Lipinski definition) is 1. The molecule has 29 heavy (non-hydrogen) atoms. The van der Waals surface area contributed by atoms with Gasteiger partial charge in [0.15, 0.2) is 6.33 Å². The molecule has 4 atom stereocenters. The van der Waals surface area contributed by atoms with E-state index in [4.69, 9.17) is 9.47 Å². The lowest BCUT2D eigenvalue weighted by Gasteiger charge is -2.61. The van der Waals surface area contributed by atoms with Gasteiger partial charge in [-0.1, -0.05) is 0 Å². The summed E-state index contributed by atoms with van der Waals surface area (Å²) in [5.74, 6) is 1.69. The van der Waals surface area contributed by atoms with E-state index in [0.29, 0.717) is 29.8 Å². The van der Waals surface area contributed by atoms with E-state index in [2.05, 4.69) is 20.1 Å². The number of methoxy groups -OCH3 is 2. The van der Waals surface area contributed by atoms with Crippen molar-refractivity contribution in [2.24, 2.45) is 11.8 Å². The highest BCUT2D eigenvalue weighted by Gasteiger charge is 2.60. The Bertz CT molecular complexity index is 1010. The highest BCUT2D eigenvalue weighted by molar-refractivity contribution is 7.89. The largest absolute Gasteiger partial charge is 0.497 e. The van der Waals surface area contributed by atoms with Gasteiger partial charge in [-0.15, -0.1) is 10.2 Å². The number of ether oxygens (including phenoxy) is 2. The molecule has 4 aliphatic rings. The fraction of sp³-hybridized carbons (Fsp3) is 0.632. The van der Waals surface area contributed by atoms with Gasteiger partial charge in [-0.2, -0.15) is 4.80 Å². The van der Waals surface area contributed by atoms with E-state index < -0.39 is 15.6 Å². The maximum atomic E-state index is 13.5. The average molecular weight is 420 g/mol. The Morgan fingerprint density at radius 3 is 2.52 bits per heavy atom. The Kier molecular flexibility index (Phi) is 4.15. The molecule has 2 aromatic rings. The second-order valence-electron chi connectivity index (χ2n) is 8.81. The number of nitrogens with zero attached hydrogens (tertiary/aromatic N) is 4. The normalized spacial score (nSPS) is 33.0. The molecule has 6 rings (SSSR count). The van der Waals surface area contributed by atoms with Crippen LogP contribution in [0.1, 0.15) is 38.5 Å². The molecule has 0 aliphatic heterocycles. The van der Waals surface area contributed by atoms with Gasteiger partial charge < -0.3 is 9.47 Å². The molecular formula is C19H25N5O4S. The highest BCUT2D eigenvalue weighted by Crippen LogP contribution is 2.60. The lowest BCUT2D eigenvalue weighted by molar-refractivity contribution is -0.0768. The molecule has 1 heterocycles. The molecule has 10 heteroatoms. The van der Waals surface area contributed by atoms with Gasteiger partial charge in [0, 0.05) is 11.6 Å². The molecular weight excluding hydrogens is 394 g/mol. The summed E-state index contributed by atoms with van der Waals surface area (Å²) in [6, 6.07) is 4.82. The minimum atomic E-state index is -3.81. The van der Waals surface area contributed by atoms with Crippen molar-refractivity contribution in [1.82, 2.24) is 24.9 Å². The summed E-state index contributed by atoms with van der Waals surface area (Å²) in [5.41, 5.74) is -0.772. The first-order chi connectivity index (χ1) is 13.9. The highest BCUT2D eigenvalue weighted by atomic mass is 32.2. The third kappa shape index (κ3) is 3.00. The molecule has 2 unspecified atom stereocenters. The summed E-state index contributed by atoms with van der Waals surface area (Å²) in [6.45, 7) is 0. The van der Waals surface area contributed by atoms with Crippen LogP contribution in [0.5, 0.6) is 11.5 Å². The van der Waals surface area contributed by atoms with E-state index in [1.807, 2.05) is 0 Å². The summed E-state index contributed by atoms with van der Waals surface area (Å²) in [7, 11) is -0.832. The van der Waals surface area contributed by atoms with Crippen LogP contribution in [0.25, 0.3) is 0 Å². The molecule has 4 aliphatic carbocycles. The molecule has 0 amide bonds. The van der Waals surface area contributed by atoms with Gasteiger partial charge in [0.05, 0.1) is 19.8 Å². The van der Waals surface area contributed by atoms with Crippen LogP contribution in [-0.2, 0) is 15.6 Å². The van der Waals surface area contributed by atoms with Crippen molar-refractivity contribution in [3.63, 3.8) is 0 Å². The van der Waals surface area contributed by atoms with Crippen LogP contribution in [-0.4, -0.2) is 48.4 Å². The van der Waals surface area contributed by atoms with Crippen molar-refractivity contribution in [1.29, 1.82) is 0 Å². The number of sulfonamides is 1. The fourth-order valence-electron chi connectivity index (χ4n) is 6.29. The number of rotatable bonds is 6. The second-order valence-corrected chi connectivity index (χ2v) is 10.5. The molecule has 0 spiro atoms. The zero-order valence-electron chi connectivity index (χ0n) is 16.5. The van der Waals surface area contributed by atoms with E-state index in [-0.39, 0.29) is 10.4 Å². The quantitative estimate of drug-likeness (QED) is 0.759. The van der Waals surface area contributed by atoms with Crippen molar-refractivity contribution < 1.29 is 17.9 Å². The topological polar surface area (TPSA) is 108 Å². The Morgan fingerprint density at radius 2 is 1.90 bits per heavy atom. The zero-order valence-corrected chi connectivity index (χ0v) is 17.4. The van der Waals surface area contributed by atoms with Crippen LogP contribution in [0.2, 0.25) is 0 Å². The van der Waals surface area contributed by atoms with Crippen LogP contribution in [0, 0.1) is 11.8 Å². The Labute approximate surface area is 169 Å². The van der Waals surface area contributed by atoms with Gasteiger partial charge in [-0.05, 0) is 67.7 Å². The van der Waals surface area contributed by atoms with Crippen LogP contribution in [0.4, 0.5) is 0 Å². The Morgan fingerprint density at radius 1 is 1.14 bits per heavy atom. The summed E-state index contributed by atoms with van der Waals surface area (Å²) in [6.07, 6.45) is 6.91. The third-order valence-electron chi connectivity index (χ3n) is 6.81. The summed E-state index contributed by atoms with van der Waals surface area (Å²) >= 11 is 0. The maximum absolute atomic E-state index is 13.5. The van der Waals surface area contributed by atoms with Gasteiger partial charge in [0.2, 0.25) is 10.0 Å². The summed E-state index contributed by atoms with van der Waals surface area (Å²) < 4.78 is 40.6. The smallest absolute Gasteiger partial charge is 0.244 e. The molecule has 1 aromatic heterocycles. The molecule has 0 radical (unpaired) electrons. The average Bonchev–Trinajstić information content (AvgIpc) is 3.21. The summed E-state index contributed by atoms with van der Waals surface area (Å²) in [4.78, 5) is 1.82. The first-order valence-electron chi connectivity index (χ1n) is 9.87. The SMILES string of the molecule is COc1ccc(OC)c(S(=O)(=O)NC23C[C@H]4C[C@@H](C2)CC(n2ncnn2)(C4)C3)c1. The number of tetrazole rings is 1. The van der Waals surface area contributed by atoms with Gasteiger partial charge in [0.25, 0.3) is 0 Å². The van der Waals surface area contributed by atoms with E-state index in [1.54, 1.807) is 16.9 Å². The molecule has 4 fully saturated rings. The predicted octanol–water partition coefficient (Wildman–Crippen LogP) is 1.72. The maximum Gasteiger partial charge on any atom is 0.244 e. The van der Waals surface area contributed by atoms with Crippen molar-refractivity contribution in [3.05, 3.63) is 24.5 Å². The number of benzene rings is 1. The molecule has 156 valence electrons. The standard InChI is InChI=1S/C19H25N5O4S/c1-27-15-3-4-16(28-2)17(6-15)29(25,26)22-18-7-13-5-14(8-18)10-19(9-13,11-18)24-21-12-20-23-24/h3-4,6,12-14,22H,5,7-11H2,1-2H3/t13-,14+,18?,19?. The fourth-order valence-corrected chi connectivity index (χ4v) is 7.89. The molecule has 0 saturated heterocycles. The van der Waals surface area contributed by atoms with E-state index in [1.165, 1.54) is 26.6 Å². The second kappa shape index (κ2) is 6.40. The Balaban J connectivity index is 1.52. The van der Waals surface area contributed by atoms with Gasteiger partial charge in [-0.25, -0.2) is 13.1 Å². The first kappa shape index (κ1) is 18.8. The minimum Gasteiger partial charge on any atom is -0.497 e. The van der Waals surface area contributed by atoms with Crippen LogP contribution in [0.3, 0.4) is 0 Å². The molecule has 1 aromatic carbocycles. The van der Waals surface area contributed by atoms with Gasteiger partial charge in [-0.3, -0.25) is 0 Å². The molecule has 9 nitrogen and oxygen atoms in total. The lowest BCUT2D eigenvalue weighted by Crippen LogP contribution is -2.66. The first-order valence-corrected chi connectivity index (χ1v) is 11.3. The van der Waals surface area contributed by atoms with Crippen LogP contribution < -0.4 is 14.2 Å². The van der Waals surface area contributed by atoms with Gasteiger partial charge in [0.1, 0.15) is 16.4 Å². The number of nitrogens with one attached hydrogen (secondary N) is 1. The molecule has 4 saturated carbocycles. The number of hydrogen-bond acceptors (Lipinski definition) is 7. The Hall–Kier alpha value is -2.20. The van der Waals surface area contributed by atoms with Crippen molar-refractivity contribution in [2.45, 2.75) is 54.5 Å². The molecule has 1 N–H and O–H groups in total. The van der Waals surface area contributed by atoms with E-state index in [9.17, 15) is 8.42 Å². The lowest BCUT2D eigenvalue weighted by atomic mass is 9.50. The monoisotopic (exact) mass is 419 g/mol. The van der Waals surface area contributed by atoms with Crippen molar-refractivity contribution in [2.75, 3.05) is 14.2 Å². The zero-order chi connectivity index (χ0) is 20.3. The van der Waals surface area contributed by atoms with Crippen molar-refractivity contribution >= 4 is 10.0 Å².